The van der Waals surface area contributed by atoms with Crippen molar-refractivity contribution in [3.63, 3.8) is 0 Å². The molecule has 0 bridgehead atoms. The van der Waals surface area contributed by atoms with Crippen molar-refractivity contribution in [1.29, 1.82) is 0 Å². The number of halogens is 2. The summed E-state index contributed by atoms with van der Waals surface area (Å²) in [4.78, 5) is 23.3. The Labute approximate surface area is 197 Å². The van der Waals surface area contributed by atoms with Gasteiger partial charge in [-0.2, -0.15) is 0 Å². The Kier molecular flexibility index (Phi) is 10.7. The summed E-state index contributed by atoms with van der Waals surface area (Å²) in [6, 6.07) is 6.56. The molecule has 0 atom stereocenters. The fourth-order valence-corrected chi connectivity index (χ4v) is 4.68. The number of carbonyl (C=O) groups excluding carboxylic acids is 1. The molecule has 2 aromatic rings. The van der Waals surface area contributed by atoms with Crippen molar-refractivity contribution in [3.05, 3.63) is 42.5 Å². The first kappa shape index (κ1) is 27.1. The van der Waals surface area contributed by atoms with Crippen molar-refractivity contribution in [3.8, 4) is 16.9 Å². The number of rotatable bonds is 8. The SMILES string of the molecule is CCN(CC)C1CCC(Cc2cc(-c3cncnc3)ccc2OC)(C(N)=O)CC1.Cl.Cl. The van der Waals surface area contributed by atoms with E-state index in [-0.39, 0.29) is 30.7 Å². The normalized spacial score (nSPS) is 20.5. The van der Waals surface area contributed by atoms with Crippen LogP contribution in [0.4, 0.5) is 0 Å². The molecule has 172 valence electrons. The van der Waals surface area contributed by atoms with Crippen LogP contribution < -0.4 is 10.5 Å². The van der Waals surface area contributed by atoms with Crippen molar-refractivity contribution in [1.82, 2.24) is 14.9 Å². The zero-order chi connectivity index (χ0) is 20.9. The topological polar surface area (TPSA) is 81.3 Å². The summed E-state index contributed by atoms with van der Waals surface area (Å²) in [7, 11) is 1.67. The Morgan fingerprint density at radius 1 is 1.13 bits per heavy atom. The van der Waals surface area contributed by atoms with E-state index in [1.54, 1.807) is 19.5 Å². The van der Waals surface area contributed by atoms with Gasteiger partial charge < -0.3 is 15.4 Å². The smallest absolute Gasteiger partial charge is 0.223 e. The predicted octanol–water partition coefficient (Wildman–Crippen LogP) is 4.29. The Bertz CT molecular complexity index is 824. The molecule has 3 rings (SSSR count). The molecule has 1 saturated carbocycles. The number of hydrogen-bond donors (Lipinski definition) is 1. The van der Waals surface area contributed by atoms with Gasteiger partial charge in [-0.15, -0.1) is 24.8 Å². The lowest BCUT2D eigenvalue weighted by Crippen LogP contribution is -2.47. The number of ether oxygens (including phenoxy) is 1. The second-order valence-electron chi connectivity index (χ2n) is 7.93. The Hall–Kier alpha value is -1.89. The summed E-state index contributed by atoms with van der Waals surface area (Å²) < 4.78 is 5.61. The molecular weight excluding hydrogens is 435 g/mol. The maximum Gasteiger partial charge on any atom is 0.223 e. The molecule has 1 aliphatic rings. The van der Waals surface area contributed by atoms with E-state index in [2.05, 4.69) is 34.8 Å². The van der Waals surface area contributed by atoms with Crippen LogP contribution in [0.25, 0.3) is 11.1 Å². The first-order chi connectivity index (χ1) is 14.0. The molecule has 2 N–H and O–H groups in total. The van der Waals surface area contributed by atoms with Gasteiger partial charge in [-0.05, 0) is 68.5 Å². The van der Waals surface area contributed by atoms with Crippen LogP contribution in [0.2, 0.25) is 0 Å². The number of aromatic nitrogens is 2. The van der Waals surface area contributed by atoms with Gasteiger partial charge in [-0.3, -0.25) is 4.79 Å². The van der Waals surface area contributed by atoms with Gasteiger partial charge in [-0.1, -0.05) is 19.9 Å². The lowest BCUT2D eigenvalue weighted by Gasteiger charge is -2.41. The molecule has 1 fully saturated rings. The molecule has 0 saturated heterocycles. The third-order valence-corrected chi connectivity index (χ3v) is 6.47. The summed E-state index contributed by atoms with van der Waals surface area (Å²) >= 11 is 0. The Morgan fingerprint density at radius 3 is 2.26 bits per heavy atom. The summed E-state index contributed by atoms with van der Waals surface area (Å²) in [6.45, 7) is 6.48. The number of hydrogen-bond acceptors (Lipinski definition) is 5. The maximum atomic E-state index is 12.6. The van der Waals surface area contributed by atoms with E-state index in [1.165, 1.54) is 6.33 Å². The number of nitrogens with two attached hydrogens (primary N) is 1. The first-order valence-corrected chi connectivity index (χ1v) is 10.5. The predicted molar refractivity (Wildman–Crippen MR) is 129 cm³/mol. The number of methoxy groups -OCH3 is 1. The van der Waals surface area contributed by atoms with Crippen molar-refractivity contribution < 1.29 is 9.53 Å². The fourth-order valence-electron chi connectivity index (χ4n) is 4.68. The fraction of sp³-hybridized carbons (Fsp3) is 0.522. The third-order valence-electron chi connectivity index (χ3n) is 6.47. The maximum absolute atomic E-state index is 12.6. The molecule has 0 unspecified atom stereocenters. The van der Waals surface area contributed by atoms with Crippen molar-refractivity contribution in [2.24, 2.45) is 11.1 Å². The van der Waals surface area contributed by atoms with E-state index < -0.39 is 5.41 Å². The van der Waals surface area contributed by atoms with Gasteiger partial charge in [0, 0.05) is 24.0 Å². The van der Waals surface area contributed by atoms with E-state index in [0.29, 0.717) is 12.5 Å². The number of nitrogens with zero attached hydrogens (tertiary/aromatic N) is 3. The van der Waals surface area contributed by atoms with Gasteiger partial charge in [0.05, 0.1) is 12.5 Å². The Morgan fingerprint density at radius 2 is 1.74 bits per heavy atom. The second kappa shape index (κ2) is 12.2. The third kappa shape index (κ3) is 6.09. The lowest BCUT2D eigenvalue weighted by molar-refractivity contribution is -0.130. The van der Waals surface area contributed by atoms with Crippen LogP contribution in [0.1, 0.15) is 45.1 Å². The summed E-state index contributed by atoms with van der Waals surface area (Å²) in [5, 5.41) is 0. The highest BCUT2D eigenvalue weighted by Gasteiger charge is 2.41. The Balaban J connectivity index is 0.00000240. The van der Waals surface area contributed by atoms with Gasteiger partial charge in [0.1, 0.15) is 12.1 Å². The van der Waals surface area contributed by atoms with E-state index in [4.69, 9.17) is 10.5 Å². The molecule has 0 radical (unpaired) electrons. The summed E-state index contributed by atoms with van der Waals surface area (Å²) in [5.41, 5.74) is 8.40. The monoisotopic (exact) mass is 468 g/mol. The van der Waals surface area contributed by atoms with E-state index >= 15 is 0 Å². The highest BCUT2D eigenvalue weighted by molar-refractivity contribution is 5.85. The molecule has 0 spiro atoms. The van der Waals surface area contributed by atoms with E-state index in [0.717, 1.165) is 61.2 Å². The first-order valence-electron chi connectivity index (χ1n) is 10.5. The molecular formula is C23H34Cl2N4O2. The molecule has 1 heterocycles. The lowest BCUT2D eigenvalue weighted by atomic mass is 9.68. The number of amides is 1. The van der Waals surface area contributed by atoms with Crippen LogP contribution >= 0.6 is 24.8 Å². The molecule has 1 aromatic carbocycles. The minimum atomic E-state index is -0.525. The van der Waals surface area contributed by atoms with Gasteiger partial charge in [0.25, 0.3) is 0 Å². The molecule has 1 amide bonds. The van der Waals surface area contributed by atoms with Crippen LogP contribution in [-0.4, -0.2) is 47.0 Å². The van der Waals surface area contributed by atoms with Crippen molar-refractivity contribution in [2.45, 2.75) is 52.0 Å². The molecule has 0 aliphatic heterocycles. The quantitative estimate of drug-likeness (QED) is 0.624. The number of benzene rings is 1. The van der Waals surface area contributed by atoms with E-state index in [1.807, 2.05) is 12.1 Å². The van der Waals surface area contributed by atoms with Gasteiger partial charge in [0.2, 0.25) is 5.91 Å². The summed E-state index contributed by atoms with van der Waals surface area (Å²) in [5.74, 6) is 0.586. The highest BCUT2D eigenvalue weighted by atomic mass is 35.5. The minimum Gasteiger partial charge on any atom is -0.496 e. The van der Waals surface area contributed by atoms with Crippen LogP contribution in [-0.2, 0) is 11.2 Å². The van der Waals surface area contributed by atoms with Crippen molar-refractivity contribution in [2.75, 3.05) is 20.2 Å². The van der Waals surface area contributed by atoms with Crippen LogP contribution in [0, 0.1) is 5.41 Å². The van der Waals surface area contributed by atoms with Gasteiger partial charge in [0.15, 0.2) is 0 Å². The van der Waals surface area contributed by atoms with Gasteiger partial charge >= 0.3 is 0 Å². The highest BCUT2D eigenvalue weighted by Crippen LogP contribution is 2.42. The molecule has 6 nitrogen and oxygen atoms in total. The van der Waals surface area contributed by atoms with E-state index in [9.17, 15) is 4.79 Å². The number of primary amides is 1. The zero-order valence-corrected chi connectivity index (χ0v) is 20.2. The molecule has 31 heavy (non-hydrogen) atoms. The molecule has 8 heteroatoms. The standard InChI is InChI=1S/C23H32N4O2.2ClH/c1-4-27(5-2)20-8-10-23(11-9-20,22(24)28)13-18-12-17(6-7-21(18)29-3)19-14-25-16-26-15-19;;/h6-7,12,14-16,20H,4-5,8-11,13H2,1-3H3,(H2,24,28);2*1H. The average molecular weight is 469 g/mol. The largest absolute Gasteiger partial charge is 0.496 e. The average Bonchev–Trinajstić information content (AvgIpc) is 2.76. The number of carbonyl (C=O) groups is 1. The summed E-state index contributed by atoms with van der Waals surface area (Å²) in [6.07, 6.45) is 9.31. The molecule has 1 aromatic heterocycles. The zero-order valence-electron chi connectivity index (χ0n) is 18.5. The van der Waals surface area contributed by atoms with Gasteiger partial charge in [-0.25, -0.2) is 9.97 Å². The minimum absolute atomic E-state index is 0. The second-order valence-corrected chi connectivity index (χ2v) is 7.93. The van der Waals surface area contributed by atoms with Crippen LogP contribution in [0.15, 0.2) is 36.9 Å². The van der Waals surface area contributed by atoms with Crippen LogP contribution in [0.3, 0.4) is 0 Å². The molecule has 1 aliphatic carbocycles. The van der Waals surface area contributed by atoms with Crippen molar-refractivity contribution >= 4 is 30.7 Å². The van der Waals surface area contributed by atoms with Crippen LogP contribution in [0.5, 0.6) is 5.75 Å².